The second-order valence-corrected chi connectivity index (χ2v) is 3.89. The number of nitrogens with two attached hydrogens (primary N) is 1. The van der Waals surface area contributed by atoms with Crippen molar-refractivity contribution in [3.05, 3.63) is 30.3 Å². The van der Waals surface area contributed by atoms with Gasteiger partial charge in [-0.25, -0.2) is 4.39 Å². The SMILES string of the molecule is CC(C)n1cnnc1-c1ccc(N)c(F)c1. The first-order valence-corrected chi connectivity index (χ1v) is 5.04. The Morgan fingerprint density at radius 3 is 2.75 bits per heavy atom. The maximum absolute atomic E-state index is 13.3. The molecule has 0 aliphatic carbocycles. The fourth-order valence-corrected chi connectivity index (χ4v) is 1.49. The summed E-state index contributed by atoms with van der Waals surface area (Å²) in [7, 11) is 0. The van der Waals surface area contributed by atoms with E-state index in [1.54, 1.807) is 12.4 Å². The van der Waals surface area contributed by atoms with E-state index in [0.717, 1.165) is 0 Å². The predicted molar refractivity (Wildman–Crippen MR) is 60.2 cm³/mol. The zero-order valence-electron chi connectivity index (χ0n) is 9.18. The third kappa shape index (κ3) is 1.76. The molecule has 4 nitrogen and oxygen atoms in total. The zero-order chi connectivity index (χ0) is 11.7. The average Bonchev–Trinajstić information content (AvgIpc) is 2.71. The smallest absolute Gasteiger partial charge is 0.164 e. The number of nitrogen functional groups attached to an aromatic ring is 1. The largest absolute Gasteiger partial charge is 0.396 e. The summed E-state index contributed by atoms with van der Waals surface area (Å²) in [6.07, 6.45) is 1.63. The Hall–Kier alpha value is -1.91. The Morgan fingerprint density at radius 1 is 1.38 bits per heavy atom. The van der Waals surface area contributed by atoms with Crippen LogP contribution in [0.1, 0.15) is 19.9 Å². The molecular formula is C11H13FN4. The molecule has 0 aliphatic heterocycles. The first-order valence-electron chi connectivity index (χ1n) is 5.04. The fourth-order valence-electron chi connectivity index (χ4n) is 1.49. The van der Waals surface area contributed by atoms with Crippen molar-refractivity contribution >= 4 is 5.69 Å². The Kier molecular flexibility index (Phi) is 2.60. The Labute approximate surface area is 92.9 Å². The second-order valence-electron chi connectivity index (χ2n) is 3.89. The lowest BCUT2D eigenvalue weighted by Gasteiger charge is -2.10. The summed E-state index contributed by atoms with van der Waals surface area (Å²) in [4.78, 5) is 0. The molecule has 0 atom stereocenters. The minimum absolute atomic E-state index is 0.138. The molecule has 0 aliphatic rings. The van der Waals surface area contributed by atoms with Crippen LogP contribution in [0.5, 0.6) is 0 Å². The first-order chi connectivity index (χ1) is 7.59. The van der Waals surface area contributed by atoms with E-state index in [0.29, 0.717) is 11.4 Å². The van der Waals surface area contributed by atoms with E-state index < -0.39 is 5.82 Å². The van der Waals surface area contributed by atoms with Crippen molar-refractivity contribution in [3.8, 4) is 11.4 Å². The number of halogens is 1. The van der Waals surface area contributed by atoms with E-state index in [9.17, 15) is 4.39 Å². The molecule has 1 heterocycles. The molecule has 0 unspecified atom stereocenters. The Morgan fingerprint density at radius 2 is 2.12 bits per heavy atom. The van der Waals surface area contributed by atoms with Crippen molar-refractivity contribution < 1.29 is 4.39 Å². The van der Waals surface area contributed by atoms with Gasteiger partial charge >= 0.3 is 0 Å². The summed E-state index contributed by atoms with van der Waals surface area (Å²) in [5, 5.41) is 7.82. The van der Waals surface area contributed by atoms with Gasteiger partial charge in [0.15, 0.2) is 5.82 Å². The third-order valence-corrected chi connectivity index (χ3v) is 2.39. The Balaban J connectivity index is 2.50. The van der Waals surface area contributed by atoms with Gasteiger partial charge in [-0.05, 0) is 32.0 Å². The summed E-state index contributed by atoms with van der Waals surface area (Å²) in [5.74, 6) is 0.213. The van der Waals surface area contributed by atoms with Gasteiger partial charge in [-0.15, -0.1) is 10.2 Å². The zero-order valence-corrected chi connectivity index (χ0v) is 9.18. The summed E-state index contributed by atoms with van der Waals surface area (Å²) < 4.78 is 15.2. The molecule has 2 rings (SSSR count). The van der Waals surface area contributed by atoms with E-state index in [-0.39, 0.29) is 11.7 Å². The summed E-state index contributed by atoms with van der Waals surface area (Å²) in [6.45, 7) is 4.03. The third-order valence-electron chi connectivity index (χ3n) is 2.39. The number of hydrogen-bond acceptors (Lipinski definition) is 3. The molecule has 0 spiro atoms. The van der Waals surface area contributed by atoms with Gasteiger partial charge in [0.25, 0.3) is 0 Å². The van der Waals surface area contributed by atoms with Crippen LogP contribution >= 0.6 is 0 Å². The minimum Gasteiger partial charge on any atom is -0.396 e. The number of hydrogen-bond donors (Lipinski definition) is 1. The van der Waals surface area contributed by atoms with E-state index >= 15 is 0 Å². The molecule has 1 aromatic carbocycles. The van der Waals surface area contributed by atoms with Crippen molar-refractivity contribution in [2.45, 2.75) is 19.9 Å². The van der Waals surface area contributed by atoms with E-state index in [1.165, 1.54) is 12.1 Å². The topological polar surface area (TPSA) is 56.7 Å². The summed E-state index contributed by atoms with van der Waals surface area (Å²) in [5.41, 5.74) is 6.24. The molecule has 0 radical (unpaired) electrons. The van der Waals surface area contributed by atoms with Gasteiger partial charge in [0.2, 0.25) is 0 Å². The fraction of sp³-hybridized carbons (Fsp3) is 0.273. The molecule has 2 N–H and O–H groups in total. The van der Waals surface area contributed by atoms with Crippen molar-refractivity contribution in [1.82, 2.24) is 14.8 Å². The molecule has 5 heteroatoms. The maximum atomic E-state index is 13.3. The van der Waals surface area contributed by atoms with Crippen molar-refractivity contribution in [3.63, 3.8) is 0 Å². The van der Waals surface area contributed by atoms with Crippen LogP contribution in [-0.4, -0.2) is 14.8 Å². The minimum atomic E-state index is -0.434. The van der Waals surface area contributed by atoms with Crippen LogP contribution in [0.15, 0.2) is 24.5 Å². The number of benzene rings is 1. The molecule has 2 aromatic rings. The average molecular weight is 220 g/mol. The maximum Gasteiger partial charge on any atom is 0.164 e. The van der Waals surface area contributed by atoms with Gasteiger partial charge in [-0.3, -0.25) is 0 Å². The van der Waals surface area contributed by atoms with Gasteiger partial charge in [-0.1, -0.05) is 0 Å². The van der Waals surface area contributed by atoms with Crippen LogP contribution in [0.4, 0.5) is 10.1 Å². The molecule has 0 amide bonds. The number of aromatic nitrogens is 3. The van der Waals surface area contributed by atoms with E-state index in [4.69, 9.17) is 5.73 Å². The summed E-state index contributed by atoms with van der Waals surface area (Å²) >= 11 is 0. The molecule has 0 bridgehead atoms. The molecule has 0 saturated carbocycles. The number of anilines is 1. The van der Waals surface area contributed by atoms with E-state index in [2.05, 4.69) is 10.2 Å². The Bertz CT molecular complexity index is 504. The van der Waals surface area contributed by atoms with Gasteiger partial charge in [0, 0.05) is 11.6 Å². The normalized spacial score (nSPS) is 11.0. The highest BCUT2D eigenvalue weighted by molar-refractivity contribution is 5.59. The molecule has 0 fully saturated rings. The quantitative estimate of drug-likeness (QED) is 0.790. The van der Waals surface area contributed by atoms with Crippen molar-refractivity contribution in [2.75, 3.05) is 5.73 Å². The number of nitrogens with zero attached hydrogens (tertiary/aromatic N) is 3. The second kappa shape index (κ2) is 3.92. The van der Waals surface area contributed by atoms with Crippen molar-refractivity contribution in [2.24, 2.45) is 0 Å². The molecule has 16 heavy (non-hydrogen) atoms. The first kappa shape index (κ1) is 10.6. The number of rotatable bonds is 2. The summed E-state index contributed by atoms with van der Waals surface area (Å²) in [6, 6.07) is 4.87. The van der Waals surface area contributed by atoms with Gasteiger partial charge < -0.3 is 10.3 Å². The van der Waals surface area contributed by atoms with Crippen molar-refractivity contribution in [1.29, 1.82) is 0 Å². The predicted octanol–water partition coefficient (Wildman–Crippen LogP) is 2.25. The highest BCUT2D eigenvalue weighted by Crippen LogP contribution is 2.23. The lowest BCUT2D eigenvalue weighted by Crippen LogP contribution is -2.02. The van der Waals surface area contributed by atoms with Crippen LogP contribution < -0.4 is 5.73 Å². The van der Waals surface area contributed by atoms with Crippen LogP contribution in [0, 0.1) is 5.82 Å². The standard InChI is InChI=1S/C11H13FN4/c1-7(2)16-6-14-15-11(16)8-3-4-10(13)9(12)5-8/h3-7H,13H2,1-2H3. The monoisotopic (exact) mass is 220 g/mol. The van der Waals surface area contributed by atoms with E-state index in [1.807, 2.05) is 18.4 Å². The van der Waals surface area contributed by atoms with Crippen LogP contribution in [0.3, 0.4) is 0 Å². The van der Waals surface area contributed by atoms with Crippen LogP contribution in [0.2, 0.25) is 0 Å². The molecule has 84 valence electrons. The van der Waals surface area contributed by atoms with Gasteiger partial charge in [0.05, 0.1) is 5.69 Å². The lowest BCUT2D eigenvalue weighted by atomic mass is 10.2. The van der Waals surface area contributed by atoms with Gasteiger partial charge in [-0.2, -0.15) is 0 Å². The molecule has 1 aromatic heterocycles. The van der Waals surface area contributed by atoms with Crippen LogP contribution in [0.25, 0.3) is 11.4 Å². The van der Waals surface area contributed by atoms with Gasteiger partial charge in [0.1, 0.15) is 12.1 Å². The lowest BCUT2D eigenvalue weighted by molar-refractivity contribution is 0.602. The molecule has 0 saturated heterocycles. The molecular weight excluding hydrogens is 207 g/mol. The highest BCUT2D eigenvalue weighted by atomic mass is 19.1. The van der Waals surface area contributed by atoms with Crippen LogP contribution in [-0.2, 0) is 0 Å². The highest BCUT2D eigenvalue weighted by Gasteiger charge is 2.11.